The van der Waals surface area contributed by atoms with Crippen molar-refractivity contribution in [2.45, 2.75) is 38.7 Å². The molecule has 0 radical (unpaired) electrons. The molecule has 1 saturated heterocycles. The highest BCUT2D eigenvalue weighted by Crippen LogP contribution is 2.39. The van der Waals surface area contributed by atoms with Gasteiger partial charge < -0.3 is 14.7 Å². The van der Waals surface area contributed by atoms with Crippen molar-refractivity contribution in [2.75, 3.05) is 26.3 Å². The number of hydrogen-bond donors (Lipinski definition) is 1. The fourth-order valence-corrected chi connectivity index (χ4v) is 2.77. The molecular weight excluding hydrogens is 206 g/mol. The van der Waals surface area contributed by atoms with Gasteiger partial charge in [0.05, 0.1) is 19.3 Å². The van der Waals surface area contributed by atoms with Crippen LogP contribution in [0.1, 0.15) is 32.6 Å². The quantitative estimate of drug-likeness (QED) is 0.758. The Morgan fingerprint density at radius 3 is 2.81 bits per heavy atom. The van der Waals surface area contributed by atoms with Crippen LogP contribution in [0.25, 0.3) is 0 Å². The van der Waals surface area contributed by atoms with Crippen molar-refractivity contribution in [3.05, 3.63) is 0 Å². The summed E-state index contributed by atoms with van der Waals surface area (Å²) in [5.41, 5.74) is -0.155. The molecule has 16 heavy (non-hydrogen) atoms. The molecule has 0 spiro atoms. The van der Waals surface area contributed by atoms with Gasteiger partial charge in [0, 0.05) is 18.5 Å². The maximum atomic E-state index is 12.4. The Morgan fingerprint density at radius 2 is 2.19 bits per heavy atom. The summed E-state index contributed by atoms with van der Waals surface area (Å²) in [6.45, 7) is 3.84. The van der Waals surface area contributed by atoms with Gasteiger partial charge in [0.25, 0.3) is 0 Å². The van der Waals surface area contributed by atoms with E-state index >= 15 is 0 Å². The first-order chi connectivity index (χ1) is 7.65. The molecule has 0 aromatic carbocycles. The lowest BCUT2D eigenvalue weighted by Gasteiger charge is -2.37. The third-order valence-electron chi connectivity index (χ3n) is 3.85. The number of carbonyl (C=O) groups excluding carboxylic acids is 1. The molecule has 2 aliphatic rings. The molecule has 1 heterocycles. The Labute approximate surface area is 96.6 Å². The van der Waals surface area contributed by atoms with E-state index in [-0.39, 0.29) is 24.0 Å². The van der Waals surface area contributed by atoms with Crippen LogP contribution in [-0.2, 0) is 9.53 Å². The third kappa shape index (κ3) is 2.23. The monoisotopic (exact) mass is 227 g/mol. The van der Waals surface area contributed by atoms with Gasteiger partial charge in [-0.05, 0) is 12.8 Å². The van der Waals surface area contributed by atoms with Crippen LogP contribution in [0.3, 0.4) is 0 Å². The Hall–Kier alpha value is -0.610. The molecule has 1 aliphatic heterocycles. The van der Waals surface area contributed by atoms with E-state index < -0.39 is 0 Å². The smallest absolute Gasteiger partial charge is 0.228 e. The maximum absolute atomic E-state index is 12.4. The van der Waals surface area contributed by atoms with E-state index in [0.717, 1.165) is 25.7 Å². The second kappa shape index (κ2) is 4.72. The van der Waals surface area contributed by atoms with Crippen molar-refractivity contribution in [2.24, 2.45) is 5.41 Å². The molecule has 2 fully saturated rings. The molecule has 4 nitrogen and oxygen atoms in total. The number of morpholine rings is 1. The third-order valence-corrected chi connectivity index (χ3v) is 3.85. The molecule has 1 unspecified atom stereocenters. The van der Waals surface area contributed by atoms with Crippen LogP contribution < -0.4 is 0 Å². The molecule has 1 atom stereocenters. The highest BCUT2D eigenvalue weighted by molar-refractivity contribution is 5.82. The van der Waals surface area contributed by atoms with Gasteiger partial charge in [-0.25, -0.2) is 0 Å². The molecule has 92 valence electrons. The van der Waals surface area contributed by atoms with Crippen LogP contribution in [-0.4, -0.2) is 48.3 Å². The molecule has 1 aliphatic carbocycles. The van der Waals surface area contributed by atoms with Crippen molar-refractivity contribution in [3.63, 3.8) is 0 Å². The number of nitrogens with zero attached hydrogens (tertiary/aromatic N) is 1. The second-order valence-corrected chi connectivity index (χ2v) is 5.19. The van der Waals surface area contributed by atoms with Gasteiger partial charge in [-0.3, -0.25) is 4.79 Å². The largest absolute Gasteiger partial charge is 0.394 e. The van der Waals surface area contributed by atoms with Crippen molar-refractivity contribution in [3.8, 4) is 0 Å². The second-order valence-electron chi connectivity index (χ2n) is 5.19. The summed E-state index contributed by atoms with van der Waals surface area (Å²) in [7, 11) is 0. The van der Waals surface area contributed by atoms with Gasteiger partial charge in [0.2, 0.25) is 5.91 Å². The minimum Gasteiger partial charge on any atom is -0.394 e. The highest BCUT2D eigenvalue weighted by atomic mass is 16.5. The predicted octanol–water partition coefficient (Wildman–Crippen LogP) is 0.786. The van der Waals surface area contributed by atoms with Gasteiger partial charge in [0.1, 0.15) is 0 Å². The summed E-state index contributed by atoms with van der Waals surface area (Å²) < 4.78 is 5.36. The lowest BCUT2D eigenvalue weighted by atomic mass is 9.87. The van der Waals surface area contributed by atoms with Crippen molar-refractivity contribution in [1.82, 2.24) is 4.90 Å². The zero-order valence-electron chi connectivity index (χ0n) is 9.95. The topological polar surface area (TPSA) is 49.8 Å². The van der Waals surface area contributed by atoms with Crippen LogP contribution in [0, 0.1) is 5.41 Å². The van der Waals surface area contributed by atoms with E-state index in [1.807, 2.05) is 4.90 Å². The van der Waals surface area contributed by atoms with Gasteiger partial charge in [-0.2, -0.15) is 0 Å². The predicted molar refractivity (Wildman–Crippen MR) is 60.0 cm³/mol. The summed E-state index contributed by atoms with van der Waals surface area (Å²) >= 11 is 0. The number of hydrogen-bond acceptors (Lipinski definition) is 3. The summed E-state index contributed by atoms with van der Waals surface area (Å²) in [5, 5.41) is 9.06. The number of aliphatic hydroxyl groups is 1. The minimum absolute atomic E-state index is 0.000490. The van der Waals surface area contributed by atoms with E-state index in [1.54, 1.807) is 0 Å². The maximum Gasteiger partial charge on any atom is 0.228 e. The normalized spacial score (nSPS) is 29.4. The number of rotatable bonds is 2. The van der Waals surface area contributed by atoms with Crippen LogP contribution in [0.5, 0.6) is 0 Å². The Bertz CT molecular complexity index is 261. The van der Waals surface area contributed by atoms with E-state index in [0.29, 0.717) is 19.7 Å². The van der Waals surface area contributed by atoms with E-state index in [9.17, 15) is 4.79 Å². The fraction of sp³-hybridized carbons (Fsp3) is 0.917. The molecular formula is C12H21NO3. The first kappa shape index (κ1) is 11.9. The average Bonchev–Trinajstić information content (AvgIpc) is 2.76. The Balaban J connectivity index is 1.98. The summed E-state index contributed by atoms with van der Waals surface area (Å²) in [5.74, 6) is 0.256. The minimum atomic E-state index is -0.192. The van der Waals surface area contributed by atoms with Crippen LogP contribution in [0.2, 0.25) is 0 Å². The molecule has 1 amide bonds. The molecule has 4 heteroatoms. The number of amides is 1. The molecule has 2 rings (SSSR count). The van der Waals surface area contributed by atoms with Crippen LogP contribution >= 0.6 is 0 Å². The standard InChI is InChI=1S/C12H21NO3/c1-12(4-2-3-5-12)11(15)13-6-7-16-10(8-13)9-14/h10,14H,2-9H2,1H3. The summed E-state index contributed by atoms with van der Waals surface area (Å²) in [6.07, 6.45) is 4.15. The van der Waals surface area contributed by atoms with E-state index in [1.165, 1.54) is 0 Å². The highest BCUT2D eigenvalue weighted by Gasteiger charge is 2.40. The van der Waals surface area contributed by atoms with E-state index in [4.69, 9.17) is 9.84 Å². The van der Waals surface area contributed by atoms with Crippen molar-refractivity contribution in [1.29, 1.82) is 0 Å². The molecule has 0 aromatic heterocycles. The number of carbonyl (C=O) groups is 1. The summed E-state index contributed by atoms with van der Waals surface area (Å²) in [4.78, 5) is 14.2. The molecule has 0 aromatic rings. The average molecular weight is 227 g/mol. The van der Waals surface area contributed by atoms with Crippen LogP contribution in [0.15, 0.2) is 0 Å². The van der Waals surface area contributed by atoms with E-state index in [2.05, 4.69) is 6.92 Å². The number of aliphatic hydroxyl groups excluding tert-OH is 1. The lowest BCUT2D eigenvalue weighted by Crippen LogP contribution is -2.51. The van der Waals surface area contributed by atoms with Gasteiger partial charge >= 0.3 is 0 Å². The van der Waals surface area contributed by atoms with Gasteiger partial charge in [-0.1, -0.05) is 19.8 Å². The van der Waals surface area contributed by atoms with Gasteiger partial charge in [0.15, 0.2) is 0 Å². The SMILES string of the molecule is CC1(C(=O)N2CCOC(CO)C2)CCCC1. The Morgan fingerprint density at radius 1 is 1.50 bits per heavy atom. The molecule has 0 bridgehead atoms. The zero-order chi connectivity index (χ0) is 11.6. The molecule has 1 N–H and O–H groups in total. The first-order valence-corrected chi connectivity index (χ1v) is 6.17. The van der Waals surface area contributed by atoms with Gasteiger partial charge in [-0.15, -0.1) is 0 Å². The van der Waals surface area contributed by atoms with Crippen LogP contribution in [0.4, 0.5) is 0 Å². The fourth-order valence-electron chi connectivity index (χ4n) is 2.77. The first-order valence-electron chi connectivity index (χ1n) is 6.17. The molecule has 1 saturated carbocycles. The summed E-state index contributed by atoms with van der Waals surface area (Å²) in [6, 6.07) is 0. The zero-order valence-corrected chi connectivity index (χ0v) is 9.95. The van der Waals surface area contributed by atoms with Crippen molar-refractivity contribution < 1.29 is 14.6 Å². The lowest BCUT2D eigenvalue weighted by molar-refractivity contribution is -0.149. The number of ether oxygens (including phenoxy) is 1. The Kier molecular flexibility index (Phi) is 3.50. The van der Waals surface area contributed by atoms with Crippen molar-refractivity contribution >= 4 is 5.91 Å².